The van der Waals surface area contributed by atoms with Gasteiger partial charge in [0.1, 0.15) is 12.1 Å². The number of nitrogens with zero attached hydrogens (tertiary/aromatic N) is 3. The van der Waals surface area contributed by atoms with Crippen LogP contribution in [0.2, 0.25) is 0 Å². The number of carbonyl (C=O) groups excluding carboxylic acids is 1. The van der Waals surface area contributed by atoms with Crippen molar-refractivity contribution >= 4 is 30.7 Å². The van der Waals surface area contributed by atoms with Crippen LogP contribution in [0.3, 0.4) is 0 Å². The molecule has 1 aliphatic rings. The van der Waals surface area contributed by atoms with Gasteiger partial charge in [-0.25, -0.2) is 9.97 Å². The summed E-state index contributed by atoms with van der Waals surface area (Å²) in [6.07, 6.45) is 11.7. The minimum absolute atomic E-state index is 0. The van der Waals surface area contributed by atoms with Gasteiger partial charge in [0.05, 0.1) is 5.54 Å². The molecule has 3 N–H and O–H groups in total. The van der Waals surface area contributed by atoms with E-state index in [-0.39, 0.29) is 30.7 Å². The Balaban J connectivity index is 0.00000144. The average Bonchev–Trinajstić information content (AvgIpc) is 3.08. The van der Waals surface area contributed by atoms with Crippen molar-refractivity contribution in [1.29, 1.82) is 0 Å². The highest BCUT2D eigenvalue weighted by atomic mass is 35.5. The lowest BCUT2D eigenvalue weighted by atomic mass is 9.82. The summed E-state index contributed by atoms with van der Waals surface area (Å²) < 4.78 is 1.83. The van der Waals surface area contributed by atoms with Crippen molar-refractivity contribution in [1.82, 2.24) is 19.9 Å². The van der Waals surface area contributed by atoms with Gasteiger partial charge in [-0.05, 0) is 18.9 Å². The summed E-state index contributed by atoms with van der Waals surface area (Å²) in [5, 5.41) is 2.97. The van der Waals surface area contributed by atoms with Crippen LogP contribution in [-0.2, 0) is 11.3 Å². The normalized spacial score (nSPS) is 15.7. The molecule has 1 fully saturated rings. The van der Waals surface area contributed by atoms with E-state index in [0.29, 0.717) is 6.54 Å². The van der Waals surface area contributed by atoms with Crippen LogP contribution in [0.4, 0.5) is 0 Å². The molecule has 2 heterocycles. The zero-order valence-corrected chi connectivity index (χ0v) is 15.0. The Morgan fingerprint density at radius 2 is 2.00 bits per heavy atom. The molecule has 1 amide bonds. The molecule has 0 spiro atoms. The topological polar surface area (TPSA) is 85.8 Å². The zero-order valence-electron chi connectivity index (χ0n) is 13.4. The lowest BCUT2D eigenvalue weighted by Gasteiger charge is -2.31. The summed E-state index contributed by atoms with van der Waals surface area (Å²) >= 11 is 0. The molecule has 24 heavy (non-hydrogen) atoms. The van der Waals surface area contributed by atoms with Gasteiger partial charge in [0.2, 0.25) is 5.91 Å². The van der Waals surface area contributed by atoms with Gasteiger partial charge in [-0.1, -0.05) is 25.3 Å². The quantitative estimate of drug-likeness (QED) is 0.863. The van der Waals surface area contributed by atoms with Gasteiger partial charge >= 0.3 is 0 Å². The minimum atomic E-state index is -0.713. The molecule has 132 valence electrons. The van der Waals surface area contributed by atoms with E-state index in [4.69, 9.17) is 5.73 Å². The third-order valence-electron chi connectivity index (χ3n) is 4.25. The van der Waals surface area contributed by atoms with E-state index in [0.717, 1.165) is 37.1 Å². The van der Waals surface area contributed by atoms with E-state index in [1.54, 1.807) is 18.7 Å². The summed E-state index contributed by atoms with van der Waals surface area (Å²) in [7, 11) is 0. The molecule has 3 rings (SSSR count). The predicted molar refractivity (Wildman–Crippen MR) is 97.7 cm³/mol. The van der Waals surface area contributed by atoms with Crippen LogP contribution >= 0.6 is 24.8 Å². The SMILES string of the molecule is Cl.Cl.NC1(C(=O)NCc2cccnc2-n2ccnc2)CCCCC1. The van der Waals surface area contributed by atoms with Crippen LogP contribution in [-0.4, -0.2) is 26.0 Å². The van der Waals surface area contributed by atoms with Crippen LogP contribution in [0.15, 0.2) is 37.1 Å². The molecule has 0 unspecified atom stereocenters. The fraction of sp³-hybridized carbons (Fsp3) is 0.438. The molecular weight excluding hydrogens is 349 g/mol. The summed E-state index contributed by atoms with van der Waals surface area (Å²) in [6, 6.07) is 3.81. The van der Waals surface area contributed by atoms with Crippen molar-refractivity contribution in [3.8, 4) is 5.82 Å². The highest BCUT2D eigenvalue weighted by Gasteiger charge is 2.34. The molecule has 0 bridgehead atoms. The molecule has 2 aromatic heterocycles. The number of halogens is 2. The fourth-order valence-electron chi connectivity index (χ4n) is 2.95. The number of rotatable bonds is 4. The first kappa shape index (κ1) is 20.4. The number of hydrogen-bond acceptors (Lipinski definition) is 4. The average molecular weight is 372 g/mol. The maximum absolute atomic E-state index is 12.4. The maximum atomic E-state index is 12.4. The van der Waals surface area contributed by atoms with Crippen LogP contribution < -0.4 is 11.1 Å². The van der Waals surface area contributed by atoms with E-state index in [2.05, 4.69) is 15.3 Å². The molecular formula is C16H23Cl2N5O. The molecule has 0 atom stereocenters. The second-order valence-electron chi connectivity index (χ2n) is 5.86. The number of nitrogens with two attached hydrogens (primary N) is 1. The van der Waals surface area contributed by atoms with E-state index in [9.17, 15) is 4.79 Å². The molecule has 0 saturated heterocycles. The van der Waals surface area contributed by atoms with Gasteiger partial charge in [-0.3, -0.25) is 9.36 Å². The van der Waals surface area contributed by atoms with Gasteiger partial charge in [-0.15, -0.1) is 24.8 Å². The minimum Gasteiger partial charge on any atom is -0.350 e. The van der Waals surface area contributed by atoms with Crippen molar-refractivity contribution in [3.63, 3.8) is 0 Å². The third kappa shape index (κ3) is 4.47. The number of imidazole rings is 1. The summed E-state index contributed by atoms with van der Waals surface area (Å²) in [6.45, 7) is 0.416. The Labute approximate surface area is 154 Å². The zero-order chi connectivity index (χ0) is 15.4. The maximum Gasteiger partial charge on any atom is 0.240 e. The van der Waals surface area contributed by atoms with E-state index >= 15 is 0 Å². The van der Waals surface area contributed by atoms with Gasteiger partial charge in [0.25, 0.3) is 0 Å². The monoisotopic (exact) mass is 371 g/mol. The van der Waals surface area contributed by atoms with Crippen LogP contribution in [0.1, 0.15) is 37.7 Å². The fourth-order valence-corrected chi connectivity index (χ4v) is 2.95. The Hall–Kier alpha value is -1.63. The van der Waals surface area contributed by atoms with Gasteiger partial charge in [0, 0.05) is 30.7 Å². The smallest absolute Gasteiger partial charge is 0.240 e. The Kier molecular flexibility index (Phi) is 7.66. The van der Waals surface area contributed by atoms with E-state index in [1.165, 1.54) is 6.42 Å². The first-order chi connectivity index (χ1) is 10.7. The first-order valence-corrected chi connectivity index (χ1v) is 7.68. The van der Waals surface area contributed by atoms with Crippen LogP contribution in [0.25, 0.3) is 5.82 Å². The molecule has 0 aliphatic heterocycles. The number of pyridine rings is 1. The number of aromatic nitrogens is 3. The van der Waals surface area contributed by atoms with Crippen LogP contribution in [0, 0.1) is 0 Å². The second-order valence-corrected chi connectivity index (χ2v) is 5.86. The molecule has 2 aromatic rings. The van der Waals surface area contributed by atoms with Gasteiger partial charge < -0.3 is 11.1 Å². The lowest BCUT2D eigenvalue weighted by Crippen LogP contribution is -2.54. The number of amides is 1. The van der Waals surface area contributed by atoms with Crippen molar-refractivity contribution in [2.45, 2.75) is 44.2 Å². The molecule has 1 aliphatic carbocycles. The predicted octanol–water partition coefficient (Wildman–Crippen LogP) is 2.39. The van der Waals surface area contributed by atoms with E-state index in [1.807, 2.05) is 22.9 Å². The van der Waals surface area contributed by atoms with Crippen molar-refractivity contribution in [3.05, 3.63) is 42.6 Å². The highest BCUT2D eigenvalue weighted by Crippen LogP contribution is 2.26. The standard InChI is InChI=1S/C16H21N5O.2ClH/c17-16(6-2-1-3-7-16)15(22)20-11-13-5-4-8-19-14(13)21-10-9-18-12-21;;/h4-5,8-10,12H,1-3,6-7,11,17H2,(H,20,22);2*1H. The lowest BCUT2D eigenvalue weighted by molar-refractivity contribution is -0.127. The molecule has 1 saturated carbocycles. The number of hydrogen-bond donors (Lipinski definition) is 2. The highest BCUT2D eigenvalue weighted by molar-refractivity contribution is 5.86. The second kappa shape index (κ2) is 9.01. The summed E-state index contributed by atoms with van der Waals surface area (Å²) in [4.78, 5) is 20.8. The summed E-state index contributed by atoms with van der Waals surface area (Å²) in [5.74, 6) is 0.711. The number of nitrogens with one attached hydrogen (secondary N) is 1. The third-order valence-corrected chi connectivity index (χ3v) is 4.25. The van der Waals surface area contributed by atoms with E-state index < -0.39 is 5.54 Å². The van der Waals surface area contributed by atoms with Crippen LogP contribution in [0.5, 0.6) is 0 Å². The summed E-state index contributed by atoms with van der Waals surface area (Å²) in [5.41, 5.74) is 6.48. The first-order valence-electron chi connectivity index (χ1n) is 7.68. The Morgan fingerprint density at radius 3 is 2.67 bits per heavy atom. The van der Waals surface area contributed by atoms with Crippen molar-refractivity contribution in [2.24, 2.45) is 5.73 Å². The molecule has 0 aromatic carbocycles. The van der Waals surface area contributed by atoms with Crippen molar-refractivity contribution < 1.29 is 4.79 Å². The molecule has 8 heteroatoms. The van der Waals surface area contributed by atoms with Crippen molar-refractivity contribution in [2.75, 3.05) is 0 Å². The largest absolute Gasteiger partial charge is 0.350 e. The van der Waals surface area contributed by atoms with Gasteiger partial charge in [-0.2, -0.15) is 0 Å². The molecule has 6 nitrogen and oxygen atoms in total. The Bertz CT molecular complexity index is 642. The number of carbonyl (C=O) groups is 1. The molecule has 0 radical (unpaired) electrons. The van der Waals surface area contributed by atoms with Gasteiger partial charge in [0.15, 0.2) is 0 Å². The Morgan fingerprint density at radius 1 is 1.25 bits per heavy atom.